The summed E-state index contributed by atoms with van der Waals surface area (Å²) in [4.78, 5) is 16.7. The predicted octanol–water partition coefficient (Wildman–Crippen LogP) is 5.64. The molecule has 0 aliphatic carbocycles. The summed E-state index contributed by atoms with van der Waals surface area (Å²) >= 11 is 1.44. The smallest absolute Gasteiger partial charge is 0.256 e. The fraction of sp³-hybridized carbons (Fsp3) is 0.226. The molecule has 0 saturated carbocycles. The van der Waals surface area contributed by atoms with Crippen molar-refractivity contribution in [1.29, 1.82) is 5.26 Å². The van der Waals surface area contributed by atoms with E-state index in [0.717, 1.165) is 42.1 Å². The second-order valence-corrected chi connectivity index (χ2v) is 12.7. The quantitative estimate of drug-likeness (QED) is 0.281. The Bertz CT molecular complexity index is 1630. The topological polar surface area (TPSA) is 93.5 Å². The van der Waals surface area contributed by atoms with Crippen LogP contribution in [-0.4, -0.2) is 36.6 Å². The van der Waals surface area contributed by atoms with Gasteiger partial charge in [-0.3, -0.25) is 9.69 Å². The number of carbonyl (C=O) groups is 1. The first-order valence-electron chi connectivity index (χ1n) is 13.2. The lowest BCUT2D eigenvalue weighted by Crippen LogP contribution is -2.30. The Kier molecular flexibility index (Phi) is 8.43. The number of nitrogens with one attached hydrogen (secondary N) is 1. The molecule has 0 radical (unpaired) electrons. The summed E-state index contributed by atoms with van der Waals surface area (Å²) in [7, 11) is -3.74. The third-order valence-electron chi connectivity index (χ3n) is 7.03. The number of amides is 1. The van der Waals surface area contributed by atoms with E-state index in [-0.39, 0.29) is 17.3 Å². The zero-order valence-electron chi connectivity index (χ0n) is 22.2. The molecule has 0 bridgehead atoms. The molecule has 0 spiro atoms. The summed E-state index contributed by atoms with van der Waals surface area (Å²) in [6, 6.07) is 28.0. The number of sulfonamides is 1. The second kappa shape index (κ2) is 12.1. The van der Waals surface area contributed by atoms with Crippen molar-refractivity contribution in [3.05, 3.63) is 118 Å². The fourth-order valence-electron chi connectivity index (χ4n) is 4.90. The van der Waals surface area contributed by atoms with E-state index in [9.17, 15) is 18.5 Å². The Labute approximate surface area is 239 Å². The van der Waals surface area contributed by atoms with E-state index in [1.807, 2.05) is 48.5 Å². The number of anilines is 1. The van der Waals surface area contributed by atoms with Crippen LogP contribution in [0.4, 0.5) is 5.00 Å². The zero-order valence-corrected chi connectivity index (χ0v) is 23.8. The number of fused-ring (bicyclic) bond motifs is 1. The van der Waals surface area contributed by atoms with Gasteiger partial charge in [0.2, 0.25) is 10.0 Å². The molecule has 0 saturated heterocycles. The van der Waals surface area contributed by atoms with Crippen LogP contribution in [0.5, 0.6) is 0 Å². The van der Waals surface area contributed by atoms with Crippen molar-refractivity contribution in [1.82, 2.24) is 9.21 Å². The van der Waals surface area contributed by atoms with Crippen molar-refractivity contribution in [2.45, 2.75) is 37.9 Å². The maximum atomic E-state index is 13.3. The number of carbonyl (C=O) groups excluding carboxylic acids is 1. The highest BCUT2D eigenvalue weighted by molar-refractivity contribution is 7.89. The first kappa shape index (κ1) is 27.7. The largest absolute Gasteiger partial charge is 0.312 e. The van der Waals surface area contributed by atoms with Crippen molar-refractivity contribution in [3.63, 3.8) is 0 Å². The molecule has 3 aromatic carbocycles. The number of benzene rings is 3. The van der Waals surface area contributed by atoms with Gasteiger partial charge in [-0.15, -0.1) is 11.3 Å². The van der Waals surface area contributed by atoms with Gasteiger partial charge in [0.15, 0.2) is 0 Å². The summed E-state index contributed by atoms with van der Waals surface area (Å²) in [6.45, 7) is 4.79. The number of thiophene rings is 1. The summed E-state index contributed by atoms with van der Waals surface area (Å²) in [5.41, 5.74) is 3.99. The van der Waals surface area contributed by atoms with E-state index in [4.69, 9.17) is 0 Å². The first-order chi connectivity index (χ1) is 19.4. The summed E-state index contributed by atoms with van der Waals surface area (Å²) in [6.07, 6.45) is 0.751. The molecule has 0 fully saturated rings. The number of hydrogen-bond donors (Lipinski definition) is 1. The molecule has 2 heterocycles. The molecule has 7 nitrogen and oxygen atoms in total. The van der Waals surface area contributed by atoms with E-state index in [1.54, 1.807) is 6.92 Å². The molecule has 0 unspecified atom stereocenters. The average Bonchev–Trinajstić information content (AvgIpc) is 3.32. The maximum Gasteiger partial charge on any atom is 0.256 e. The van der Waals surface area contributed by atoms with Gasteiger partial charge >= 0.3 is 0 Å². The Morgan fingerprint density at radius 3 is 2.27 bits per heavy atom. The number of hydrogen-bond acceptors (Lipinski definition) is 6. The third kappa shape index (κ3) is 6.01. The molecule has 1 aromatic heterocycles. The monoisotopic (exact) mass is 570 g/mol. The van der Waals surface area contributed by atoms with Crippen molar-refractivity contribution < 1.29 is 13.2 Å². The SMILES string of the molecule is CCN(Cc1ccccc1)S(=O)(=O)c1ccc(C(=O)Nc2sc3c(c2C#N)CCN(Cc2ccccc2)C3)cc1. The van der Waals surface area contributed by atoms with Crippen LogP contribution in [0.25, 0.3) is 0 Å². The van der Waals surface area contributed by atoms with Gasteiger partial charge in [0.25, 0.3) is 5.91 Å². The van der Waals surface area contributed by atoms with Crippen LogP contribution in [-0.2, 0) is 36.1 Å². The number of nitrogens with zero attached hydrogens (tertiary/aromatic N) is 3. The highest BCUT2D eigenvalue weighted by atomic mass is 32.2. The average molecular weight is 571 g/mol. The Balaban J connectivity index is 1.28. The molecule has 4 aromatic rings. The van der Waals surface area contributed by atoms with Crippen LogP contribution in [0.15, 0.2) is 89.8 Å². The molecule has 1 N–H and O–H groups in total. The van der Waals surface area contributed by atoms with Gasteiger partial charge in [-0.05, 0) is 47.4 Å². The summed E-state index contributed by atoms with van der Waals surface area (Å²) in [5.74, 6) is -0.378. The van der Waals surface area contributed by atoms with Crippen LogP contribution in [0.3, 0.4) is 0 Å². The van der Waals surface area contributed by atoms with Crippen molar-refractivity contribution in [3.8, 4) is 6.07 Å². The molecule has 1 aliphatic rings. The molecule has 204 valence electrons. The van der Waals surface area contributed by atoms with Gasteiger partial charge < -0.3 is 5.32 Å². The normalized spacial score (nSPS) is 13.5. The van der Waals surface area contributed by atoms with E-state index >= 15 is 0 Å². The zero-order chi connectivity index (χ0) is 28.1. The second-order valence-electron chi connectivity index (χ2n) is 9.66. The molecular formula is C31H30N4O3S2. The highest BCUT2D eigenvalue weighted by Gasteiger charge is 2.26. The summed E-state index contributed by atoms with van der Waals surface area (Å²) in [5, 5.41) is 13.3. The van der Waals surface area contributed by atoms with Gasteiger partial charge in [-0.2, -0.15) is 9.57 Å². The van der Waals surface area contributed by atoms with E-state index in [0.29, 0.717) is 22.7 Å². The molecule has 40 heavy (non-hydrogen) atoms. The number of rotatable bonds is 9. The number of nitriles is 1. The van der Waals surface area contributed by atoms with Crippen LogP contribution < -0.4 is 5.32 Å². The van der Waals surface area contributed by atoms with E-state index in [2.05, 4.69) is 28.4 Å². The predicted molar refractivity (Wildman–Crippen MR) is 157 cm³/mol. The highest BCUT2D eigenvalue weighted by Crippen LogP contribution is 2.37. The Hall–Kier alpha value is -3.81. The van der Waals surface area contributed by atoms with Gasteiger partial charge in [-0.1, -0.05) is 67.6 Å². The first-order valence-corrected chi connectivity index (χ1v) is 15.4. The Morgan fingerprint density at radius 2 is 1.65 bits per heavy atom. The lowest BCUT2D eigenvalue weighted by Gasteiger charge is -2.26. The maximum absolute atomic E-state index is 13.3. The van der Waals surface area contributed by atoms with Crippen LogP contribution in [0.2, 0.25) is 0 Å². The van der Waals surface area contributed by atoms with Gasteiger partial charge in [0, 0.05) is 43.2 Å². The van der Waals surface area contributed by atoms with E-state index in [1.165, 1.54) is 45.5 Å². The molecule has 1 amide bonds. The van der Waals surface area contributed by atoms with Crippen LogP contribution in [0.1, 0.15) is 44.4 Å². The minimum Gasteiger partial charge on any atom is -0.312 e. The van der Waals surface area contributed by atoms with Gasteiger partial charge in [0.1, 0.15) is 11.1 Å². The van der Waals surface area contributed by atoms with Crippen molar-refractivity contribution in [2.75, 3.05) is 18.4 Å². The lowest BCUT2D eigenvalue weighted by molar-refractivity contribution is 0.102. The molecule has 5 rings (SSSR count). The summed E-state index contributed by atoms with van der Waals surface area (Å²) < 4.78 is 27.9. The molecular weight excluding hydrogens is 541 g/mol. The van der Waals surface area contributed by atoms with Gasteiger partial charge in [-0.25, -0.2) is 8.42 Å². The fourth-order valence-corrected chi connectivity index (χ4v) is 7.57. The molecule has 1 aliphatic heterocycles. The molecule has 9 heteroatoms. The van der Waals surface area contributed by atoms with Crippen molar-refractivity contribution >= 4 is 32.3 Å². The van der Waals surface area contributed by atoms with Gasteiger partial charge in [0.05, 0.1) is 10.5 Å². The van der Waals surface area contributed by atoms with E-state index < -0.39 is 10.0 Å². The standard InChI is InChI=1S/C31H30N4O3S2/c1-2-35(21-24-11-7-4-8-12-24)40(37,38)26-15-13-25(14-16-26)30(36)33-31-28(19-32)27-17-18-34(22-29(27)39-31)20-23-9-5-3-6-10-23/h3-16H,2,17-18,20-22H2,1H3,(H,33,36). The van der Waals surface area contributed by atoms with Crippen LogP contribution >= 0.6 is 11.3 Å². The van der Waals surface area contributed by atoms with Crippen LogP contribution in [0, 0.1) is 11.3 Å². The Morgan fingerprint density at radius 1 is 1.00 bits per heavy atom. The third-order valence-corrected chi connectivity index (χ3v) is 10.1. The lowest BCUT2D eigenvalue weighted by atomic mass is 10.0. The minimum absolute atomic E-state index is 0.129. The van der Waals surface area contributed by atoms with Crippen molar-refractivity contribution in [2.24, 2.45) is 0 Å². The molecule has 0 atom stereocenters. The minimum atomic E-state index is -3.74.